The molecule has 0 atom stereocenters. The summed E-state index contributed by atoms with van der Waals surface area (Å²) in [7, 11) is 0. The zero-order chi connectivity index (χ0) is 16.4. The molecule has 0 aliphatic heterocycles. The van der Waals surface area contributed by atoms with Gasteiger partial charge in [0, 0.05) is 22.5 Å². The van der Waals surface area contributed by atoms with Crippen LogP contribution in [0.1, 0.15) is 24.0 Å². The van der Waals surface area contributed by atoms with Crippen molar-refractivity contribution in [2.24, 2.45) is 0 Å². The van der Waals surface area contributed by atoms with Crippen molar-refractivity contribution in [2.75, 3.05) is 0 Å². The summed E-state index contributed by atoms with van der Waals surface area (Å²) < 4.78 is 50.2. The number of hydrogen-bond donors (Lipinski definition) is 1. The molecular formula is C18H13F4N. The van der Waals surface area contributed by atoms with Crippen molar-refractivity contribution in [1.29, 1.82) is 0 Å². The van der Waals surface area contributed by atoms with Gasteiger partial charge in [0.15, 0.2) is 0 Å². The van der Waals surface area contributed by atoms with E-state index >= 15 is 0 Å². The lowest BCUT2D eigenvalue weighted by Crippen LogP contribution is -1.85. The molecule has 0 saturated carbocycles. The molecule has 1 aromatic heterocycles. The number of benzene rings is 2. The van der Waals surface area contributed by atoms with Crippen molar-refractivity contribution in [1.82, 2.24) is 4.98 Å². The molecule has 1 heterocycles. The molecule has 0 spiro atoms. The van der Waals surface area contributed by atoms with E-state index in [1.807, 2.05) is 12.1 Å². The maximum Gasteiger partial charge on any atom is 0.263 e. The number of aromatic amines is 1. The van der Waals surface area contributed by atoms with Crippen molar-refractivity contribution >= 4 is 0 Å². The van der Waals surface area contributed by atoms with E-state index in [2.05, 4.69) is 4.98 Å². The number of nitrogens with one attached hydrogen (secondary N) is 1. The molecule has 0 fully saturated rings. The first-order valence-electron chi connectivity index (χ1n) is 7.00. The second-order valence-electron chi connectivity index (χ2n) is 5.13. The second-order valence-corrected chi connectivity index (χ2v) is 5.13. The van der Waals surface area contributed by atoms with Crippen LogP contribution in [0.5, 0.6) is 0 Å². The number of aromatic nitrogens is 1. The Hall–Kier alpha value is -2.56. The van der Waals surface area contributed by atoms with Crippen LogP contribution in [0, 0.1) is 0 Å². The van der Waals surface area contributed by atoms with E-state index in [4.69, 9.17) is 0 Å². The van der Waals surface area contributed by atoms with E-state index in [-0.39, 0.29) is 11.1 Å². The van der Waals surface area contributed by atoms with Crippen LogP contribution in [-0.4, -0.2) is 4.98 Å². The summed E-state index contributed by atoms with van der Waals surface area (Å²) >= 11 is 0. The molecular weight excluding hydrogens is 306 g/mol. The minimum atomic E-state index is -2.49. The van der Waals surface area contributed by atoms with E-state index < -0.39 is 12.9 Å². The molecule has 0 aliphatic rings. The highest BCUT2D eigenvalue weighted by molar-refractivity contribution is 5.68. The summed E-state index contributed by atoms with van der Waals surface area (Å²) in [6, 6.07) is 15.7. The summed E-state index contributed by atoms with van der Waals surface area (Å²) in [5, 5.41) is 0. The minimum Gasteiger partial charge on any atom is -0.355 e. The quantitative estimate of drug-likeness (QED) is 0.549. The maximum absolute atomic E-state index is 12.6. The average Bonchev–Trinajstić information content (AvgIpc) is 3.05. The van der Waals surface area contributed by atoms with E-state index in [0.717, 1.165) is 22.5 Å². The second kappa shape index (κ2) is 6.28. The Morgan fingerprint density at radius 2 is 0.870 bits per heavy atom. The van der Waals surface area contributed by atoms with Crippen molar-refractivity contribution < 1.29 is 17.6 Å². The molecule has 23 heavy (non-hydrogen) atoms. The Balaban J connectivity index is 1.85. The lowest BCUT2D eigenvalue weighted by molar-refractivity contribution is 0.151. The Morgan fingerprint density at radius 3 is 1.17 bits per heavy atom. The van der Waals surface area contributed by atoms with Crippen LogP contribution < -0.4 is 0 Å². The van der Waals surface area contributed by atoms with Gasteiger partial charge in [0.25, 0.3) is 12.9 Å². The molecule has 0 amide bonds. The van der Waals surface area contributed by atoms with Gasteiger partial charge in [-0.25, -0.2) is 17.6 Å². The van der Waals surface area contributed by atoms with E-state index in [1.165, 1.54) is 24.3 Å². The highest BCUT2D eigenvalue weighted by Crippen LogP contribution is 2.28. The van der Waals surface area contributed by atoms with Crippen LogP contribution in [0.25, 0.3) is 22.5 Å². The number of H-pyrrole nitrogens is 1. The Bertz CT molecular complexity index is 708. The summed E-state index contributed by atoms with van der Waals surface area (Å²) in [5.74, 6) is 0. The van der Waals surface area contributed by atoms with Crippen molar-refractivity contribution in [2.45, 2.75) is 12.9 Å². The Labute approximate surface area is 130 Å². The van der Waals surface area contributed by atoms with Gasteiger partial charge in [-0.3, -0.25) is 0 Å². The van der Waals surface area contributed by atoms with E-state index in [9.17, 15) is 17.6 Å². The van der Waals surface area contributed by atoms with E-state index in [1.54, 1.807) is 24.3 Å². The molecule has 1 N–H and O–H groups in total. The molecule has 3 aromatic rings. The van der Waals surface area contributed by atoms with Gasteiger partial charge in [0.05, 0.1) is 0 Å². The van der Waals surface area contributed by atoms with Crippen LogP contribution in [0.15, 0.2) is 60.7 Å². The third-order valence-electron chi connectivity index (χ3n) is 3.63. The monoisotopic (exact) mass is 319 g/mol. The zero-order valence-electron chi connectivity index (χ0n) is 11.9. The van der Waals surface area contributed by atoms with Crippen LogP contribution >= 0.6 is 0 Å². The third-order valence-corrected chi connectivity index (χ3v) is 3.63. The van der Waals surface area contributed by atoms with E-state index in [0.29, 0.717) is 0 Å². The third kappa shape index (κ3) is 3.28. The minimum absolute atomic E-state index is 0.0249. The van der Waals surface area contributed by atoms with Crippen LogP contribution in [-0.2, 0) is 0 Å². The molecule has 5 heteroatoms. The molecule has 118 valence electrons. The highest BCUT2D eigenvalue weighted by atomic mass is 19.3. The van der Waals surface area contributed by atoms with Gasteiger partial charge >= 0.3 is 0 Å². The van der Waals surface area contributed by atoms with Crippen molar-refractivity contribution in [3.05, 3.63) is 71.8 Å². The molecule has 1 nitrogen and oxygen atoms in total. The Morgan fingerprint density at radius 1 is 0.522 bits per heavy atom. The summed E-state index contributed by atoms with van der Waals surface area (Å²) in [4.78, 5) is 3.17. The topological polar surface area (TPSA) is 15.8 Å². The SMILES string of the molecule is FC(F)c1ccc(-c2ccc(-c3ccc(C(F)F)cc3)[nH]2)cc1. The maximum atomic E-state index is 12.6. The predicted octanol–water partition coefficient (Wildman–Crippen LogP) is 6.22. The van der Waals surface area contributed by atoms with Gasteiger partial charge in [-0.05, 0) is 23.3 Å². The van der Waals surface area contributed by atoms with Crippen LogP contribution in [0.4, 0.5) is 17.6 Å². The number of halogens is 4. The number of hydrogen-bond acceptors (Lipinski definition) is 0. The zero-order valence-corrected chi connectivity index (χ0v) is 11.9. The molecule has 0 bridgehead atoms. The molecule has 0 aliphatic carbocycles. The lowest BCUT2D eigenvalue weighted by atomic mass is 10.1. The molecule has 0 radical (unpaired) electrons. The summed E-state index contributed by atoms with van der Waals surface area (Å²) in [6.45, 7) is 0. The molecule has 3 rings (SSSR count). The van der Waals surface area contributed by atoms with Crippen LogP contribution in [0.2, 0.25) is 0 Å². The molecule has 0 unspecified atom stereocenters. The van der Waals surface area contributed by atoms with Gasteiger partial charge in [0.1, 0.15) is 0 Å². The van der Waals surface area contributed by atoms with Gasteiger partial charge in [0.2, 0.25) is 0 Å². The number of alkyl halides is 4. The number of rotatable bonds is 4. The predicted molar refractivity (Wildman–Crippen MR) is 81.6 cm³/mol. The standard InChI is InChI=1S/C18H13F4N/c19-17(20)13-5-1-11(2-6-13)15-9-10-16(23-15)12-3-7-14(8-4-12)18(21)22/h1-10,17-18,23H. The van der Waals surface area contributed by atoms with Crippen LogP contribution in [0.3, 0.4) is 0 Å². The lowest BCUT2D eigenvalue weighted by Gasteiger charge is -2.03. The summed E-state index contributed by atoms with van der Waals surface area (Å²) in [5.41, 5.74) is 3.07. The molecule has 0 saturated heterocycles. The first-order valence-corrected chi connectivity index (χ1v) is 7.00. The first kappa shape index (κ1) is 15.3. The first-order chi connectivity index (χ1) is 11.0. The smallest absolute Gasteiger partial charge is 0.263 e. The Kier molecular flexibility index (Phi) is 4.19. The fourth-order valence-corrected chi connectivity index (χ4v) is 2.35. The van der Waals surface area contributed by atoms with Gasteiger partial charge < -0.3 is 4.98 Å². The fourth-order valence-electron chi connectivity index (χ4n) is 2.35. The van der Waals surface area contributed by atoms with Gasteiger partial charge in [-0.2, -0.15) is 0 Å². The average molecular weight is 319 g/mol. The van der Waals surface area contributed by atoms with Crippen molar-refractivity contribution in [3.63, 3.8) is 0 Å². The highest BCUT2D eigenvalue weighted by Gasteiger charge is 2.09. The van der Waals surface area contributed by atoms with Gasteiger partial charge in [-0.15, -0.1) is 0 Å². The summed E-state index contributed by atoms with van der Waals surface area (Å²) in [6.07, 6.45) is -4.98. The van der Waals surface area contributed by atoms with Gasteiger partial charge in [-0.1, -0.05) is 48.5 Å². The fraction of sp³-hybridized carbons (Fsp3) is 0.111. The normalized spacial score (nSPS) is 11.4. The molecule has 2 aromatic carbocycles. The largest absolute Gasteiger partial charge is 0.355 e. The van der Waals surface area contributed by atoms with Crippen molar-refractivity contribution in [3.8, 4) is 22.5 Å².